The van der Waals surface area contributed by atoms with Crippen LogP contribution in [0.1, 0.15) is 19.3 Å². The Labute approximate surface area is 110 Å². The van der Waals surface area contributed by atoms with Gasteiger partial charge in [0.15, 0.2) is 0 Å². The van der Waals surface area contributed by atoms with Crippen LogP contribution >= 0.6 is 0 Å². The lowest BCUT2D eigenvalue weighted by atomic mass is 9.92. The highest BCUT2D eigenvalue weighted by molar-refractivity contribution is 6.08. The molecule has 2 heterocycles. The van der Waals surface area contributed by atoms with E-state index in [2.05, 4.69) is 5.32 Å². The zero-order chi connectivity index (χ0) is 13.1. The maximum absolute atomic E-state index is 11.9. The SMILES string of the molecule is O=C1CC2=C(C=CC(CN3C(=O)[C@H]4C[C@H]4C3=O)C2)N1. The molecule has 0 aromatic carbocycles. The van der Waals surface area contributed by atoms with Gasteiger partial charge in [-0.2, -0.15) is 0 Å². The van der Waals surface area contributed by atoms with Gasteiger partial charge in [-0.3, -0.25) is 19.3 Å². The number of allylic oxidation sites excluding steroid dienone is 1. The Morgan fingerprint density at radius 1 is 1.21 bits per heavy atom. The maximum Gasteiger partial charge on any atom is 0.233 e. The molecule has 4 rings (SSSR count). The van der Waals surface area contributed by atoms with Crippen molar-refractivity contribution in [1.82, 2.24) is 10.2 Å². The number of amides is 3. The third-order valence-corrected chi connectivity index (χ3v) is 4.45. The average Bonchev–Trinajstić information content (AvgIpc) is 3.04. The summed E-state index contributed by atoms with van der Waals surface area (Å²) in [6.07, 6.45) is 5.86. The lowest BCUT2D eigenvalue weighted by Crippen LogP contribution is -2.37. The molecule has 0 aromatic heterocycles. The molecule has 98 valence electrons. The highest BCUT2D eigenvalue weighted by Gasteiger charge is 2.58. The fraction of sp³-hybridized carbons (Fsp3) is 0.500. The monoisotopic (exact) mass is 258 g/mol. The topological polar surface area (TPSA) is 66.5 Å². The summed E-state index contributed by atoms with van der Waals surface area (Å²) in [6.45, 7) is 0.464. The minimum Gasteiger partial charge on any atom is -0.326 e. The number of piperidine rings is 1. The molecular weight excluding hydrogens is 244 g/mol. The first kappa shape index (κ1) is 11.0. The fourth-order valence-electron chi connectivity index (χ4n) is 3.32. The molecule has 5 nitrogen and oxygen atoms in total. The van der Waals surface area contributed by atoms with E-state index in [1.165, 1.54) is 4.90 Å². The summed E-state index contributed by atoms with van der Waals surface area (Å²) in [4.78, 5) is 36.6. The summed E-state index contributed by atoms with van der Waals surface area (Å²) < 4.78 is 0. The number of nitrogens with zero attached hydrogens (tertiary/aromatic N) is 1. The molecule has 4 aliphatic rings. The predicted octanol–water partition coefficient (Wildman–Crippen LogP) is 0.341. The second-order valence-corrected chi connectivity index (χ2v) is 5.80. The maximum atomic E-state index is 11.9. The minimum absolute atomic E-state index is 0.00352. The van der Waals surface area contributed by atoms with E-state index in [-0.39, 0.29) is 35.5 Å². The van der Waals surface area contributed by atoms with Crippen molar-refractivity contribution in [3.8, 4) is 0 Å². The Bertz CT molecular complexity index is 555. The lowest BCUT2D eigenvalue weighted by Gasteiger charge is -2.24. The Balaban J connectivity index is 1.46. The van der Waals surface area contributed by atoms with Crippen LogP contribution in [0.15, 0.2) is 23.4 Å². The molecule has 0 radical (unpaired) electrons. The Hall–Kier alpha value is -1.91. The van der Waals surface area contributed by atoms with Crippen LogP contribution in [0.2, 0.25) is 0 Å². The predicted molar refractivity (Wildman–Crippen MR) is 65.3 cm³/mol. The summed E-state index contributed by atoms with van der Waals surface area (Å²) in [6, 6.07) is 0. The number of carbonyl (C=O) groups excluding carboxylic acids is 3. The second kappa shape index (κ2) is 3.56. The van der Waals surface area contributed by atoms with Gasteiger partial charge >= 0.3 is 0 Å². The van der Waals surface area contributed by atoms with Gasteiger partial charge in [0.05, 0.1) is 18.3 Å². The van der Waals surface area contributed by atoms with Crippen molar-refractivity contribution in [2.45, 2.75) is 19.3 Å². The number of fused-ring (bicyclic) bond motifs is 1. The number of nitrogens with one attached hydrogen (secondary N) is 1. The van der Waals surface area contributed by atoms with Crippen molar-refractivity contribution < 1.29 is 14.4 Å². The minimum atomic E-state index is -0.0235. The molecule has 1 saturated carbocycles. The number of carbonyl (C=O) groups is 3. The Morgan fingerprint density at radius 3 is 2.68 bits per heavy atom. The standard InChI is InChI=1S/C14H14N2O3/c17-12-4-8-3-7(1-2-11(8)15-12)6-16-13(18)9-5-10(9)14(16)19/h1-2,7,9-10H,3-6H2,(H,15,17)/t7?,9-,10+. The number of hydrogen-bond acceptors (Lipinski definition) is 3. The van der Waals surface area contributed by atoms with Crippen molar-refractivity contribution in [3.05, 3.63) is 23.4 Å². The highest BCUT2D eigenvalue weighted by Crippen LogP contribution is 2.47. The first-order valence-corrected chi connectivity index (χ1v) is 6.69. The van der Waals surface area contributed by atoms with Gasteiger partial charge in [0, 0.05) is 12.2 Å². The summed E-state index contributed by atoms with van der Waals surface area (Å²) >= 11 is 0. The van der Waals surface area contributed by atoms with Crippen molar-refractivity contribution >= 4 is 17.7 Å². The first-order valence-electron chi connectivity index (χ1n) is 6.69. The van der Waals surface area contributed by atoms with Gasteiger partial charge in [0.2, 0.25) is 17.7 Å². The summed E-state index contributed by atoms with van der Waals surface area (Å²) in [5.41, 5.74) is 2.00. The Kier molecular flexibility index (Phi) is 2.05. The third kappa shape index (κ3) is 1.57. The van der Waals surface area contributed by atoms with Crippen molar-refractivity contribution in [3.63, 3.8) is 0 Å². The quantitative estimate of drug-likeness (QED) is 0.726. The van der Waals surface area contributed by atoms with Gasteiger partial charge in [-0.15, -0.1) is 0 Å². The third-order valence-electron chi connectivity index (χ3n) is 4.45. The van der Waals surface area contributed by atoms with E-state index in [9.17, 15) is 14.4 Å². The van der Waals surface area contributed by atoms with Crippen LogP contribution in [0.4, 0.5) is 0 Å². The van der Waals surface area contributed by atoms with Crippen LogP contribution in [0, 0.1) is 17.8 Å². The van der Waals surface area contributed by atoms with Gasteiger partial charge in [-0.25, -0.2) is 0 Å². The van der Waals surface area contributed by atoms with Crippen LogP contribution in [-0.4, -0.2) is 29.2 Å². The van der Waals surface area contributed by atoms with Crippen LogP contribution in [0.5, 0.6) is 0 Å². The number of hydrogen-bond donors (Lipinski definition) is 1. The molecule has 2 fully saturated rings. The molecule has 2 aliphatic heterocycles. The fourth-order valence-corrected chi connectivity index (χ4v) is 3.32. The molecule has 19 heavy (non-hydrogen) atoms. The van der Waals surface area contributed by atoms with Crippen LogP contribution in [0.3, 0.4) is 0 Å². The summed E-state index contributed by atoms with van der Waals surface area (Å²) in [5.74, 6) is 0.142. The van der Waals surface area contributed by atoms with Crippen molar-refractivity contribution in [2.24, 2.45) is 17.8 Å². The molecule has 1 saturated heterocycles. The largest absolute Gasteiger partial charge is 0.326 e. The first-order chi connectivity index (χ1) is 9.13. The summed E-state index contributed by atoms with van der Waals surface area (Å²) in [7, 11) is 0. The van der Waals surface area contributed by atoms with E-state index in [1.807, 2.05) is 12.2 Å². The Morgan fingerprint density at radius 2 is 1.95 bits per heavy atom. The molecule has 1 unspecified atom stereocenters. The molecule has 0 aromatic rings. The number of rotatable bonds is 2. The van der Waals surface area contributed by atoms with E-state index >= 15 is 0 Å². The van der Waals surface area contributed by atoms with E-state index in [0.717, 1.165) is 24.1 Å². The molecule has 0 spiro atoms. The average molecular weight is 258 g/mol. The van der Waals surface area contributed by atoms with Crippen molar-refractivity contribution in [2.75, 3.05) is 6.54 Å². The zero-order valence-corrected chi connectivity index (χ0v) is 10.4. The van der Waals surface area contributed by atoms with E-state index < -0.39 is 0 Å². The zero-order valence-electron chi connectivity index (χ0n) is 10.4. The van der Waals surface area contributed by atoms with Crippen LogP contribution in [-0.2, 0) is 14.4 Å². The number of imide groups is 1. The van der Waals surface area contributed by atoms with E-state index in [4.69, 9.17) is 0 Å². The molecule has 2 aliphatic carbocycles. The van der Waals surface area contributed by atoms with Crippen molar-refractivity contribution in [1.29, 1.82) is 0 Å². The van der Waals surface area contributed by atoms with Crippen LogP contribution in [0.25, 0.3) is 0 Å². The molecule has 5 heteroatoms. The van der Waals surface area contributed by atoms with Gasteiger partial charge in [-0.05, 0) is 30.4 Å². The van der Waals surface area contributed by atoms with Gasteiger partial charge < -0.3 is 5.32 Å². The van der Waals surface area contributed by atoms with Gasteiger partial charge in [0.1, 0.15) is 0 Å². The normalized spacial score (nSPS) is 35.7. The highest BCUT2D eigenvalue weighted by atomic mass is 16.2. The molecule has 3 amide bonds. The van der Waals surface area contributed by atoms with E-state index in [0.29, 0.717) is 13.0 Å². The molecular formula is C14H14N2O3. The summed E-state index contributed by atoms with van der Waals surface area (Å²) in [5, 5.41) is 2.81. The van der Waals surface area contributed by atoms with Gasteiger partial charge in [0.25, 0.3) is 0 Å². The molecule has 0 bridgehead atoms. The molecule has 1 N–H and O–H groups in total. The lowest BCUT2D eigenvalue weighted by molar-refractivity contribution is -0.141. The second-order valence-electron chi connectivity index (χ2n) is 5.80. The smallest absolute Gasteiger partial charge is 0.233 e. The van der Waals surface area contributed by atoms with E-state index in [1.54, 1.807) is 0 Å². The number of likely N-dealkylation sites (tertiary alicyclic amines) is 1. The van der Waals surface area contributed by atoms with Crippen LogP contribution < -0.4 is 5.32 Å². The molecule has 3 atom stereocenters. The van der Waals surface area contributed by atoms with Gasteiger partial charge in [-0.1, -0.05) is 6.08 Å².